The highest BCUT2D eigenvalue weighted by molar-refractivity contribution is 6.35. The lowest BCUT2D eigenvalue weighted by atomic mass is 10.0. The van der Waals surface area contributed by atoms with Gasteiger partial charge in [0.05, 0.1) is 16.4 Å². The van der Waals surface area contributed by atoms with Gasteiger partial charge in [-0.2, -0.15) is 5.10 Å². The molecule has 1 aliphatic rings. The third-order valence-electron chi connectivity index (χ3n) is 4.39. The SMILES string of the molecule is Fc1ccc(-c2nn(-c3ccc(Cl)cc3Cl)c3c2CCCCN3)cc1. The van der Waals surface area contributed by atoms with Crippen molar-refractivity contribution in [2.24, 2.45) is 0 Å². The first-order valence-electron chi connectivity index (χ1n) is 8.20. The molecule has 128 valence electrons. The number of halogens is 3. The first-order valence-corrected chi connectivity index (χ1v) is 8.96. The van der Waals surface area contributed by atoms with Gasteiger partial charge in [0, 0.05) is 22.7 Å². The molecule has 2 aromatic carbocycles. The van der Waals surface area contributed by atoms with Crippen LogP contribution in [0.2, 0.25) is 10.0 Å². The van der Waals surface area contributed by atoms with E-state index in [2.05, 4.69) is 5.32 Å². The van der Waals surface area contributed by atoms with Crippen molar-refractivity contribution in [3.05, 3.63) is 63.9 Å². The zero-order valence-electron chi connectivity index (χ0n) is 13.4. The van der Waals surface area contributed by atoms with Crippen molar-refractivity contribution in [1.82, 2.24) is 9.78 Å². The van der Waals surface area contributed by atoms with E-state index in [9.17, 15) is 4.39 Å². The summed E-state index contributed by atoms with van der Waals surface area (Å²) in [6, 6.07) is 11.8. The topological polar surface area (TPSA) is 29.9 Å². The van der Waals surface area contributed by atoms with Crippen LogP contribution in [0.1, 0.15) is 18.4 Å². The van der Waals surface area contributed by atoms with E-state index in [0.717, 1.165) is 54.1 Å². The lowest BCUT2D eigenvalue weighted by Crippen LogP contribution is -2.07. The van der Waals surface area contributed by atoms with Gasteiger partial charge in [-0.25, -0.2) is 9.07 Å². The van der Waals surface area contributed by atoms with Gasteiger partial charge in [-0.15, -0.1) is 0 Å². The number of benzene rings is 2. The number of nitrogens with zero attached hydrogens (tertiary/aromatic N) is 2. The van der Waals surface area contributed by atoms with Crippen molar-refractivity contribution < 1.29 is 4.39 Å². The molecule has 0 amide bonds. The molecule has 4 rings (SSSR count). The fraction of sp³-hybridized carbons (Fsp3) is 0.211. The summed E-state index contributed by atoms with van der Waals surface area (Å²) in [7, 11) is 0. The average Bonchev–Trinajstić information content (AvgIpc) is 2.78. The van der Waals surface area contributed by atoms with Crippen LogP contribution in [0.4, 0.5) is 10.2 Å². The van der Waals surface area contributed by atoms with Gasteiger partial charge in [0.2, 0.25) is 0 Å². The summed E-state index contributed by atoms with van der Waals surface area (Å²) in [5, 5.41) is 9.39. The Morgan fingerprint density at radius 2 is 1.84 bits per heavy atom. The van der Waals surface area contributed by atoms with Crippen molar-refractivity contribution in [3.8, 4) is 16.9 Å². The number of fused-ring (bicyclic) bond motifs is 1. The maximum Gasteiger partial charge on any atom is 0.133 e. The van der Waals surface area contributed by atoms with E-state index in [4.69, 9.17) is 28.3 Å². The zero-order chi connectivity index (χ0) is 17.4. The number of anilines is 1. The molecule has 1 aliphatic heterocycles. The number of aromatic nitrogens is 2. The minimum Gasteiger partial charge on any atom is -0.370 e. The summed E-state index contributed by atoms with van der Waals surface area (Å²) in [5.74, 6) is 0.689. The Morgan fingerprint density at radius 3 is 2.60 bits per heavy atom. The molecule has 0 aliphatic carbocycles. The molecule has 1 N–H and O–H groups in total. The standard InChI is InChI=1S/C19H16Cl2FN3/c20-13-6-9-17(16(21)11-13)25-19-15(3-1-2-10-23-19)18(24-25)12-4-7-14(22)8-5-12/h4-9,11,23H,1-3,10H2. The monoisotopic (exact) mass is 375 g/mol. The van der Waals surface area contributed by atoms with E-state index in [1.54, 1.807) is 24.3 Å². The maximum absolute atomic E-state index is 13.3. The second kappa shape index (κ2) is 6.70. The fourth-order valence-corrected chi connectivity index (χ4v) is 3.66. The smallest absolute Gasteiger partial charge is 0.133 e. The van der Waals surface area contributed by atoms with E-state index in [1.807, 2.05) is 10.7 Å². The van der Waals surface area contributed by atoms with Gasteiger partial charge in [-0.1, -0.05) is 23.2 Å². The molecule has 0 radical (unpaired) electrons. The molecule has 0 saturated carbocycles. The summed E-state index contributed by atoms with van der Waals surface area (Å²) in [6.07, 6.45) is 3.08. The van der Waals surface area contributed by atoms with E-state index in [-0.39, 0.29) is 5.82 Å². The van der Waals surface area contributed by atoms with Gasteiger partial charge in [0.25, 0.3) is 0 Å². The Labute approximate surface area is 155 Å². The van der Waals surface area contributed by atoms with Crippen LogP contribution in [0.25, 0.3) is 16.9 Å². The molecule has 0 fully saturated rings. The van der Waals surface area contributed by atoms with E-state index in [1.165, 1.54) is 12.1 Å². The van der Waals surface area contributed by atoms with Crippen molar-refractivity contribution in [2.45, 2.75) is 19.3 Å². The van der Waals surface area contributed by atoms with E-state index in [0.29, 0.717) is 10.0 Å². The number of hydrogen-bond donors (Lipinski definition) is 1. The molecule has 2 heterocycles. The lowest BCUT2D eigenvalue weighted by Gasteiger charge is -2.10. The van der Waals surface area contributed by atoms with Crippen molar-refractivity contribution >= 4 is 29.0 Å². The normalized spacial score (nSPS) is 13.9. The van der Waals surface area contributed by atoms with E-state index >= 15 is 0 Å². The molecular formula is C19H16Cl2FN3. The van der Waals surface area contributed by atoms with Gasteiger partial charge in [0.15, 0.2) is 0 Å². The zero-order valence-corrected chi connectivity index (χ0v) is 14.9. The average molecular weight is 376 g/mol. The highest BCUT2D eigenvalue weighted by Crippen LogP contribution is 2.36. The summed E-state index contributed by atoms with van der Waals surface area (Å²) in [5.41, 5.74) is 3.65. The van der Waals surface area contributed by atoms with Crippen LogP contribution in [-0.4, -0.2) is 16.3 Å². The molecule has 3 aromatic rings. The van der Waals surface area contributed by atoms with Crippen LogP contribution < -0.4 is 5.32 Å². The quantitative estimate of drug-likeness (QED) is 0.619. The van der Waals surface area contributed by atoms with Crippen molar-refractivity contribution in [3.63, 3.8) is 0 Å². The first kappa shape index (κ1) is 16.4. The van der Waals surface area contributed by atoms with Crippen molar-refractivity contribution in [2.75, 3.05) is 11.9 Å². The molecule has 6 heteroatoms. The minimum absolute atomic E-state index is 0.256. The van der Waals surface area contributed by atoms with Crippen LogP contribution in [0.3, 0.4) is 0 Å². The van der Waals surface area contributed by atoms with Crippen LogP contribution in [0.5, 0.6) is 0 Å². The van der Waals surface area contributed by atoms with Crippen LogP contribution >= 0.6 is 23.2 Å². The Kier molecular flexibility index (Phi) is 4.40. The molecule has 0 spiro atoms. The second-order valence-corrected chi connectivity index (χ2v) is 6.92. The van der Waals surface area contributed by atoms with Gasteiger partial charge in [0.1, 0.15) is 11.6 Å². The number of nitrogens with one attached hydrogen (secondary N) is 1. The maximum atomic E-state index is 13.3. The lowest BCUT2D eigenvalue weighted by molar-refractivity contribution is 0.628. The third-order valence-corrected chi connectivity index (χ3v) is 4.92. The second-order valence-electron chi connectivity index (χ2n) is 6.07. The van der Waals surface area contributed by atoms with Crippen LogP contribution in [-0.2, 0) is 6.42 Å². The molecule has 0 saturated heterocycles. The van der Waals surface area contributed by atoms with E-state index < -0.39 is 0 Å². The Balaban J connectivity index is 1.91. The Bertz CT molecular complexity index is 919. The number of hydrogen-bond acceptors (Lipinski definition) is 2. The fourth-order valence-electron chi connectivity index (χ4n) is 3.17. The largest absolute Gasteiger partial charge is 0.370 e. The van der Waals surface area contributed by atoms with Crippen LogP contribution in [0, 0.1) is 5.82 Å². The predicted molar refractivity (Wildman–Crippen MR) is 100 cm³/mol. The molecule has 25 heavy (non-hydrogen) atoms. The summed E-state index contributed by atoms with van der Waals surface area (Å²) in [4.78, 5) is 0. The van der Waals surface area contributed by atoms with Gasteiger partial charge in [-0.05, 0) is 61.7 Å². The molecule has 0 bridgehead atoms. The molecule has 0 unspecified atom stereocenters. The highest BCUT2D eigenvalue weighted by atomic mass is 35.5. The van der Waals surface area contributed by atoms with Gasteiger partial charge < -0.3 is 5.32 Å². The first-order chi connectivity index (χ1) is 12.1. The highest BCUT2D eigenvalue weighted by Gasteiger charge is 2.22. The molecule has 3 nitrogen and oxygen atoms in total. The summed E-state index contributed by atoms with van der Waals surface area (Å²) in [6.45, 7) is 0.882. The summed E-state index contributed by atoms with van der Waals surface area (Å²) >= 11 is 12.4. The Morgan fingerprint density at radius 1 is 1.04 bits per heavy atom. The van der Waals surface area contributed by atoms with Gasteiger partial charge in [-0.3, -0.25) is 0 Å². The van der Waals surface area contributed by atoms with Crippen LogP contribution in [0.15, 0.2) is 42.5 Å². The molecule has 1 aromatic heterocycles. The predicted octanol–water partition coefficient (Wildman–Crippen LogP) is 5.73. The molecular weight excluding hydrogens is 360 g/mol. The minimum atomic E-state index is -0.256. The van der Waals surface area contributed by atoms with Crippen molar-refractivity contribution in [1.29, 1.82) is 0 Å². The van der Waals surface area contributed by atoms with Gasteiger partial charge >= 0.3 is 0 Å². The number of rotatable bonds is 2. The molecule has 0 atom stereocenters. The summed E-state index contributed by atoms with van der Waals surface area (Å²) < 4.78 is 15.1. The Hall–Kier alpha value is -2.04. The third kappa shape index (κ3) is 3.12.